The van der Waals surface area contributed by atoms with E-state index in [1.807, 2.05) is 6.07 Å². The number of allylic oxidation sites excluding steroid dienone is 1. The second-order valence-electron chi connectivity index (χ2n) is 4.83. The molecule has 0 atom stereocenters. The van der Waals surface area contributed by atoms with E-state index in [1.54, 1.807) is 0 Å². The first kappa shape index (κ1) is 12.3. The SMILES string of the molecule is O=C1CC(=O)C(c2cc(C3CCC3)c(Cl)nn2)=CN1. The van der Waals surface area contributed by atoms with Gasteiger partial charge in [-0.3, -0.25) is 9.59 Å². The summed E-state index contributed by atoms with van der Waals surface area (Å²) in [5, 5.41) is 10.8. The van der Waals surface area contributed by atoms with Crippen LogP contribution in [-0.4, -0.2) is 21.9 Å². The van der Waals surface area contributed by atoms with Crippen LogP contribution in [0, 0.1) is 0 Å². The molecule has 0 unspecified atom stereocenters. The van der Waals surface area contributed by atoms with Gasteiger partial charge < -0.3 is 5.32 Å². The molecule has 3 rings (SSSR count). The largest absolute Gasteiger partial charge is 0.331 e. The van der Waals surface area contributed by atoms with Gasteiger partial charge in [0.05, 0.1) is 17.7 Å². The van der Waals surface area contributed by atoms with E-state index >= 15 is 0 Å². The van der Waals surface area contributed by atoms with Crippen molar-refractivity contribution in [3.63, 3.8) is 0 Å². The molecule has 0 saturated heterocycles. The highest BCUT2D eigenvalue weighted by Crippen LogP contribution is 2.39. The molecule has 0 radical (unpaired) electrons. The lowest BCUT2D eigenvalue weighted by molar-refractivity contribution is -0.125. The molecular formula is C13H12ClN3O2. The van der Waals surface area contributed by atoms with Crippen molar-refractivity contribution >= 4 is 28.9 Å². The molecule has 1 aliphatic carbocycles. The number of hydrogen-bond acceptors (Lipinski definition) is 4. The number of carbonyl (C=O) groups excluding carboxylic acids is 2. The highest BCUT2D eigenvalue weighted by molar-refractivity contribution is 6.30. The van der Waals surface area contributed by atoms with Gasteiger partial charge in [0.15, 0.2) is 10.9 Å². The maximum Gasteiger partial charge on any atom is 0.231 e. The normalized spacial score (nSPS) is 19.7. The van der Waals surface area contributed by atoms with Crippen LogP contribution >= 0.6 is 11.6 Å². The van der Waals surface area contributed by atoms with Crippen LogP contribution in [0.3, 0.4) is 0 Å². The molecule has 1 amide bonds. The fourth-order valence-corrected chi connectivity index (χ4v) is 2.52. The Hall–Kier alpha value is -1.75. The smallest absolute Gasteiger partial charge is 0.231 e. The van der Waals surface area contributed by atoms with E-state index in [1.165, 1.54) is 12.6 Å². The van der Waals surface area contributed by atoms with E-state index in [-0.39, 0.29) is 18.1 Å². The van der Waals surface area contributed by atoms with Crippen LogP contribution in [-0.2, 0) is 9.59 Å². The number of hydrogen-bond donors (Lipinski definition) is 1. The zero-order valence-corrected chi connectivity index (χ0v) is 10.9. The maximum absolute atomic E-state index is 11.8. The second-order valence-corrected chi connectivity index (χ2v) is 5.19. The molecular weight excluding hydrogens is 266 g/mol. The molecule has 1 aliphatic heterocycles. The third-order valence-corrected chi connectivity index (χ3v) is 3.89. The second kappa shape index (κ2) is 4.74. The third kappa shape index (κ3) is 2.26. The molecule has 1 N–H and O–H groups in total. The van der Waals surface area contributed by atoms with E-state index in [9.17, 15) is 9.59 Å². The minimum Gasteiger partial charge on any atom is -0.331 e. The summed E-state index contributed by atoms with van der Waals surface area (Å²) in [6.07, 6.45) is 4.63. The van der Waals surface area contributed by atoms with Crippen molar-refractivity contribution in [2.75, 3.05) is 0 Å². The Morgan fingerprint density at radius 2 is 2.05 bits per heavy atom. The Kier molecular flexibility index (Phi) is 3.06. The van der Waals surface area contributed by atoms with Gasteiger partial charge in [-0.2, -0.15) is 0 Å². The van der Waals surface area contributed by atoms with E-state index in [2.05, 4.69) is 15.5 Å². The van der Waals surface area contributed by atoms with Gasteiger partial charge in [-0.15, -0.1) is 10.2 Å². The third-order valence-electron chi connectivity index (χ3n) is 3.60. The zero-order valence-electron chi connectivity index (χ0n) is 10.1. The summed E-state index contributed by atoms with van der Waals surface area (Å²) in [7, 11) is 0. The predicted molar refractivity (Wildman–Crippen MR) is 69.4 cm³/mol. The van der Waals surface area contributed by atoms with Crippen LogP contribution in [0.25, 0.3) is 5.57 Å². The molecule has 2 heterocycles. The lowest BCUT2D eigenvalue weighted by Gasteiger charge is -2.26. The Morgan fingerprint density at radius 1 is 1.26 bits per heavy atom. The Morgan fingerprint density at radius 3 is 2.68 bits per heavy atom. The van der Waals surface area contributed by atoms with Gasteiger partial charge in [0, 0.05) is 6.20 Å². The number of halogens is 1. The predicted octanol–water partition coefficient (Wildman–Crippen LogP) is 1.83. The first-order valence-corrected chi connectivity index (χ1v) is 6.59. The number of nitrogens with zero attached hydrogens (tertiary/aromatic N) is 2. The van der Waals surface area contributed by atoms with E-state index < -0.39 is 0 Å². The van der Waals surface area contributed by atoms with E-state index in [0.29, 0.717) is 22.3 Å². The van der Waals surface area contributed by atoms with E-state index in [4.69, 9.17) is 11.6 Å². The summed E-state index contributed by atoms with van der Waals surface area (Å²) in [6, 6.07) is 1.82. The molecule has 1 aromatic heterocycles. The molecule has 0 aromatic carbocycles. The highest BCUT2D eigenvalue weighted by Gasteiger charge is 2.26. The summed E-state index contributed by atoms with van der Waals surface area (Å²) in [5.41, 5.74) is 1.82. The molecule has 5 nitrogen and oxygen atoms in total. The lowest BCUT2D eigenvalue weighted by Crippen LogP contribution is -2.27. The molecule has 1 saturated carbocycles. The summed E-state index contributed by atoms with van der Waals surface area (Å²) in [6.45, 7) is 0. The van der Waals surface area contributed by atoms with Crippen LogP contribution in [0.2, 0.25) is 5.15 Å². The monoisotopic (exact) mass is 277 g/mol. The molecule has 2 aliphatic rings. The number of rotatable bonds is 2. The van der Waals surface area contributed by atoms with Crippen molar-refractivity contribution in [1.29, 1.82) is 0 Å². The van der Waals surface area contributed by atoms with Gasteiger partial charge in [-0.05, 0) is 30.4 Å². The minimum absolute atomic E-state index is 0.144. The van der Waals surface area contributed by atoms with Gasteiger partial charge in [0.1, 0.15) is 0 Å². The first-order valence-electron chi connectivity index (χ1n) is 6.21. The number of amides is 1. The van der Waals surface area contributed by atoms with Gasteiger partial charge in [-0.25, -0.2) is 0 Å². The van der Waals surface area contributed by atoms with Crippen molar-refractivity contribution in [2.45, 2.75) is 31.6 Å². The molecule has 1 aromatic rings. The summed E-state index contributed by atoms with van der Waals surface area (Å²) in [5.74, 6) is -0.120. The van der Waals surface area contributed by atoms with Crippen molar-refractivity contribution in [3.8, 4) is 0 Å². The molecule has 6 heteroatoms. The zero-order chi connectivity index (χ0) is 13.4. The standard InChI is InChI=1S/C13H12ClN3O2/c14-13-8(7-2-1-3-7)4-10(16-17-13)9-6-15-12(19)5-11(9)18/h4,6-7H,1-3,5H2,(H,15,19). The molecule has 1 fully saturated rings. The van der Waals surface area contributed by atoms with Crippen molar-refractivity contribution in [2.24, 2.45) is 0 Å². The molecule has 0 bridgehead atoms. The lowest BCUT2D eigenvalue weighted by atomic mass is 9.80. The van der Waals surface area contributed by atoms with Crippen molar-refractivity contribution in [1.82, 2.24) is 15.5 Å². The number of Topliss-reactive ketones (excluding diaryl/α,β-unsaturated/α-hetero) is 1. The Balaban J connectivity index is 1.97. The summed E-state index contributed by atoms with van der Waals surface area (Å²) >= 11 is 6.05. The topological polar surface area (TPSA) is 72.0 Å². The maximum atomic E-state index is 11.8. The van der Waals surface area contributed by atoms with Crippen LogP contribution < -0.4 is 5.32 Å². The van der Waals surface area contributed by atoms with Crippen LogP contribution in [0.1, 0.15) is 42.9 Å². The fourth-order valence-electron chi connectivity index (χ4n) is 2.27. The summed E-state index contributed by atoms with van der Waals surface area (Å²) < 4.78 is 0. The van der Waals surface area contributed by atoms with Gasteiger partial charge in [0.25, 0.3) is 0 Å². The number of nitrogens with one attached hydrogen (secondary N) is 1. The van der Waals surface area contributed by atoms with Gasteiger partial charge in [-0.1, -0.05) is 18.0 Å². The minimum atomic E-state index is -0.296. The first-order chi connectivity index (χ1) is 9.15. The molecule has 19 heavy (non-hydrogen) atoms. The average molecular weight is 278 g/mol. The van der Waals surface area contributed by atoms with Crippen LogP contribution in [0.5, 0.6) is 0 Å². The molecule has 98 valence electrons. The Bertz CT molecular complexity index is 594. The number of carbonyl (C=O) groups is 2. The van der Waals surface area contributed by atoms with Crippen molar-refractivity contribution in [3.05, 3.63) is 28.7 Å². The molecule has 0 spiro atoms. The van der Waals surface area contributed by atoms with Crippen LogP contribution in [0.4, 0.5) is 0 Å². The van der Waals surface area contributed by atoms with Crippen molar-refractivity contribution < 1.29 is 9.59 Å². The average Bonchev–Trinajstić information content (AvgIpc) is 2.30. The highest BCUT2D eigenvalue weighted by atomic mass is 35.5. The number of aromatic nitrogens is 2. The Labute approximate surface area is 115 Å². The quantitative estimate of drug-likeness (QED) is 0.837. The summed E-state index contributed by atoms with van der Waals surface area (Å²) in [4.78, 5) is 22.9. The number of ketones is 1. The fraction of sp³-hybridized carbons (Fsp3) is 0.385. The van der Waals surface area contributed by atoms with Gasteiger partial charge in [0.2, 0.25) is 5.91 Å². The van der Waals surface area contributed by atoms with Crippen LogP contribution in [0.15, 0.2) is 12.3 Å². The van der Waals surface area contributed by atoms with Gasteiger partial charge >= 0.3 is 0 Å². The van der Waals surface area contributed by atoms with E-state index in [0.717, 1.165) is 18.4 Å².